The first kappa shape index (κ1) is 15.9. The summed E-state index contributed by atoms with van der Waals surface area (Å²) in [5.41, 5.74) is 6.95. The Kier molecular flexibility index (Phi) is 5.43. The van der Waals surface area contributed by atoms with Gasteiger partial charge in [0, 0.05) is 28.4 Å². The van der Waals surface area contributed by atoms with Gasteiger partial charge in [0.1, 0.15) is 0 Å². The van der Waals surface area contributed by atoms with Crippen LogP contribution in [-0.4, -0.2) is 22.7 Å². The Balaban J connectivity index is 1.81. The fourth-order valence-corrected chi connectivity index (χ4v) is 2.63. The minimum atomic E-state index is -1.02. The molecule has 114 valence electrons. The van der Waals surface area contributed by atoms with Crippen molar-refractivity contribution in [1.29, 1.82) is 0 Å². The van der Waals surface area contributed by atoms with Crippen LogP contribution < -0.4 is 11.1 Å². The molecular formula is C16H16N2O3S. The third kappa shape index (κ3) is 4.82. The predicted molar refractivity (Wildman–Crippen MR) is 88.2 cm³/mol. The Hall–Kier alpha value is -2.47. The SMILES string of the molecule is Nc1ccc(SCCC(=O)Nc2cccc(C(=O)O)c2)cc1. The van der Waals surface area contributed by atoms with Gasteiger partial charge < -0.3 is 16.2 Å². The number of carbonyl (C=O) groups excluding carboxylic acids is 1. The van der Waals surface area contributed by atoms with Crippen molar-refractivity contribution in [3.05, 3.63) is 54.1 Å². The van der Waals surface area contributed by atoms with Crippen molar-refractivity contribution >= 4 is 35.0 Å². The summed E-state index contributed by atoms with van der Waals surface area (Å²) in [6.07, 6.45) is 0.340. The molecule has 6 heteroatoms. The molecule has 0 aliphatic heterocycles. The monoisotopic (exact) mass is 316 g/mol. The van der Waals surface area contributed by atoms with Crippen molar-refractivity contribution in [3.8, 4) is 0 Å². The van der Waals surface area contributed by atoms with E-state index in [1.54, 1.807) is 23.9 Å². The molecule has 0 spiro atoms. The Bertz CT molecular complexity index is 671. The summed E-state index contributed by atoms with van der Waals surface area (Å²) >= 11 is 1.57. The minimum Gasteiger partial charge on any atom is -0.478 e. The second-order valence-corrected chi connectivity index (χ2v) is 5.77. The smallest absolute Gasteiger partial charge is 0.335 e. The Morgan fingerprint density at radius 3 is 2.55 bits per heavy atom. The number of nitrogen functional groups attached to an aromatic ring is 1. The van der Waals surface area contributed by atoms with Crippen molar-refractivity contribution in [1.82, 2.24) is 0 Å². The molecule has 2 aromatic rings. The molecule has 0 aromatic heterocycles. The van der Waals surface area contributed by atoms with Crippen molar-refractivity contribution < 1.29 is 14.7 Å². The molecule has 0 fully saturated rings. The predicted octanol–water partition coefficient (Wildman–Crippen LogP) is 3.09. The zero-order valence-electron chi connectivity index (χ0n) is 11.8. The van der Waals surface area contributed by atoms with Crippen LogP contribution in [0.2, 0.25) is 0 Å². The molecule has 22 heavy (non-hydrogen) atoms. The fraction of sp³-hybridized carbons (Fsp3) is 0.125. The van der Waals surface area contributed by atoms with E-state index in [0.717, 1.165) is 4.90 Å². The van der Waals surface area contributed by atoms with Gasteiger partial charge in [0.15, 0.2) is 0 Å². The quantitative estimate of drug-likeness (QED) is 0.562. The second-order valence-electron chi connectivity index (χ2n) is 4.60. The first-order chi connectivity index (χ1) is 10.5. The van der Waals surface area contributed by atoms with Crippen LogP contribution in [0.3, 0.4) is 0 Å². The number of carboxylic acid groups (broad SMARTS) is 1. The molecule has 2 rings (SSSR count). The molecule has 0 unspecified atom stereocenters. The van der Waals surface area contributed by atoms with E-state index in [1.807, 2.05) is 24.3 Å². The third-order valence-corrected chi connectivity index (χ3v) is 3.88. The van der Waals surface area contributed by atoms with Crippen LogP contribution in [0.15, 0.2) is 53.4 Å². The van der Waals surface area contributed by atoms with Gasteiger partial charge in [-0.2, -0.15) is 0 Å². The van der Waals surface area contributed by atoms with Gasteiger partial charge in [-0.3, -0.25) is 4.79 Å². The van der Waals surface area contributed by atoms with Crippen LogP contribution in [-0.2, 0) is 4.79 Å². The van der Waals surface area contributed by atoms with Crippen molar-refractivity contribution in [2.45, 2.75) is 11.3 Å². The van der Waals surface area contributed by atoms with E-state index in [9.17, 15) is 9.59 Å². The summed E-state index contributed by atoms with van der Waals surface area (Å²) in [7, 11) is 0. The molecule has 0 saturated heterocycles. The number of carboxylic acids is 1. The molecule has 0 saturated carbocycles. The first-order valence-electron chi connectivity index (χ1n) is 6.66. The maximum absolute atomic E-state index is 11.8. The van der Waals surface area contributed by atoms with E-state index in [-0.39, 0.29) is 11.5 Å². The zero-order valence-corrected chi connectivity index (χ0v) is 12.6. The molecule has 0 radical (unpaired) electrons. The summed E-state index contributed by atoms with van der Waals surface area (Å²) in [6, 6.07) is 13.6. The van der Waals surface area contributed by atoms with E-state index in [2.05, 4.69) is 5.32 Å². The zero-order chi connectivity index (χ0) is 15.9. The second kappa shape index (κ2) is 7.51. The van der Waals surface area contributed by atoms with Crippen LogP contribution in [0, 0.1) is 0 Å². The van der Waals surface area contributed by atoms with Crippen molar-refractivity contribution in [2.24, 2.45) is 0 Å². The summed E-state index contributed by atoms with van der Waals surface area (Å²) in [4.78, 5) is 23.8. The molecular weight excluding hydrogens is 300 g/mol. The average molecular weight is 316 g/mol. The van der Waals surface area contributed by atoms with Crippen LogP contribution in [0.5, 0.6) is 0 Å². The number of hydrogen-bond acceptors (Lipinski definition) is 4. The maximum atomic E-state index is 11.8. The topological polar surface area (TPSA) is 92.4 Å². The Morgan fingerprint density at radius 2 is 1.86 bits per heavy atom. The summed E-state index contributed by atoms with van der Waals surface area (Å²) in [5.74, 6) is -0.533. The normalized spacial score (nSPS) is 10.2. The Labute approximate surface area is 132 Å². The molecule has 0 aliphatic rings. The van der Waals surface area contributed by atoms with Gasteiger partial charge in [-0.05, 0) is 42.5 Å². The van der Waals surface area contributed by atoms with Crippen LogP contribution in [0.25, 0.3) is 0 Å². The van der Waals surface area contributed by atoms with Gasteiger partial charge in [0.2, 0.25) is 5.91 Å². The van der Waals surface area contributed by atoms with Crippen molar-refractivity contribution in [3.63, 3.8) is 0 Å². The van der Waals surface area contributed by atoms with Gasteiger partial charge in [-0.25, -0.2) is 4.79 Å². The first-order valence-corrected chi connectivity index (χ1v) is 7.65. The standard InChI is InChI=1S/C16H16N2O3S/c17-12-4-6-14(7-5-12)22-9-8-15(19)18-13-3-1-2-11(10-13)16(20)21/h1-7,10H,8-9,17H2,(H,18,19)(H,20,21). The van der Waals surface area contributed by atoms with Gasteiger partial charge in [-0.1, -0.05) is 6.07 Å². The summed E-state index contributed by atoms with van der Waals surface area (Å²) in [6.45, 7) is 0. The number of aromatic carboxylic acids is 1. The number of nitrogens with one attached hydrogen (secondary N) is 1. The molecule has 2 aromatic carbocycles. The summed E-state index contributed by atoms with van der Waals surface area (Å²) < 4.78 is 0. The van der Waals surface area contributed by atoms with E-state index >= 15 is 0 Å². The lowest BCUT2D eigenvalue weighted by Gasteiger charge is -2.06. The largest absolute Gasteiger partial charge is 0.478 e. The number of rotatable bonds is 6. The molecule has 1 amide bonds. The highest BCUT2D eigenvalue weighted by Gasteiger charge is 2.06. The fourth-order valence-electron chi connectivity index (χ4n) is 1.78. The molecule has 0 atom stereocenters. The van der Waals surface area contributed by atoms with E-state index in [1.165, 1.54) is 12.1 Å². The van der Waals surface area contributed by atoms with E-state index < -0.39 is 5.97 Å². The molecule has 0 bridgehead atoms. The lowest BCUT2D eigenvalue weighted by atomic mass is 10.2. The average Bonchev–Trinajstić information content (AvgIpc) is 2.49. The number of carbonyl (C=O) groups is 2. The van der Waals surface area contributed by atoms with Gasteiger partial charge in [0.25, 0.3) is 0 Å². The number of nitrogens with two attached hydrogens (primary N) is 1. The molecule has 0 heterocycles. The number of amides is 1. The van der Waals surface area contributed by atoms with Gasteiger partial charge >= 0.3 is 5.97 Å². The highest BCUT2D eigenvalue weighted by atomic mass is 32.2. The molecule has 0 aliphatic carbocycles. The number of anilines is 2. The van der Waals surface area contributed by atoms with Crippen LogP contribution >= 0.6 is 11.8 Å². The van der Waals surface area contributed by atoms with Gasteiger partial charge in [0.05, 0.1) is 5.56 Å². The lowest BCUT2D eigenvalue weighted by Crippen LogP contribution is -2.12. The summed E-state index contributed by atoms with van der Waals surface area (Å²) in [5, 5.41) is 11.6. The number of hydrogen-bond donors (Lipinski definition) is 3. The Morgan fingerprint density at radius 1 is 1.14 bits per heavy atom. The van der Waals surface area contributed by atoms with E-state index in [0.29, 0.717) is 23.5 Å². The van der Waals surface area contributed by atoms with Crippen molar-refractivity contribution in [2.75, 3.05) is 16.8 Å². The lowest BCUT2D eigenvalue weighted by molar-refractivity contribution is -0.115. The van der Waals surface area contributed by atoms with Crippen LogP contribution in [0.4, 0.5) is 11.4 Å². The third-order valence-electron chi connectivity index (χ3n) is 2.87. The molecule has 5 nitrogen and oxygen atoms in total. The number of thioether (sulfide) groups is 1. The molecule has 4 N–H and O–H groups in total. The highest BCUT2D eigenvalue weighted by molar-refractivity contribution is 7.99. The maximum Gasteiger partial charge on any atom is 0.335 e. The number of benzene rings is 2. The van der Waals surface area contributed by atoms with Gasteiger partial charge in [-0.15, -0.1) is 11.8 Å². The van der Waals surface area contributed by atoms with E-state index in [4.69, 9.17) is 10.8 Å². The van der Waals surface area contributed by atoms with Crippen LogP contribution in [0.1, 0.15) is 16.8 Å². The highest BCUT2D eigenvalue weighted by Crippen LogP contribution is 2.20. The minimum absolute atomic E-state index is 0.147.